The summed E-state index contributed by atoms with van der Waals surface area (Å²) in [5, 5.41) is 2.91. The fourth-order valence-electron chi connectivity index (χ4n) is 2.46. The van der Waals surface area contributed by atoms with Gasteiger partial charge in [0.25, 0.3) is 5.91 Å². The Bertz CT molecular complexity index is 608. The minimum Gasteiger partial charge on any atom is -0.380 e. The first kappa shape index (κ1) is 16.6. The summed E-state index contributed by atoms with van der Waals surface area (Å²) in [6, 6.07) is 2.08. The molecule has 0 spiro atoms. The van der Waals surface area contributed by atoms with E-state index in [0.717, 1.165) is 16.8 Å². The van der Waals surface area contributed by atoms with E-state index in [1.807, 2.05) is 20.8 Å². The van der Waals surface area contributed by atoms with Gasteiger partial charge in [0.05, 0.1) is 6.61 Å². The number of rotatable bonds is 5. The van der Waals surface area contributed by atoms with Crippen molar-refractivity contribution in [2.24, 2.45) is 10.9 Å². The second-order valence-electron chi connectivity index (χ2n) is 6.59. The van der Waals surface area contributed by atoms with Crippen LogP contribution in [-0.2, 0) is 16.1 Å². The Morgan fingerprint density at radius 3 is 2.50 bits per heavy atom. The quantitative estimate of drug-likeness (QED) is 0.909. The molecule has 1 amide bonds. The molecule has 1 aromatic heterocycles. The van der Waals surface area contributed by atoms with E-state index in [1.54, 1.807) is 13.3 Å². The fourth-order valence-corrected chi connectivity index (χ4v) is 2.46. The summed E-state index contributed by atoms with van der Waals surface area (Å²) in [6.45, 7) is 10.6. The maximum Gasteiger partial charge on any atom is 0.253 e. The molecule has 1 unspecified atom stereocenters. The van der Waals surface area contributed by atoms with Gasteiger partial charge in [0.15, 0.2) is 5.84 Å². The monoisotopic (exact) mass is 303 g/mol. The van der Waals surface area contributed by atoms with E-state index in [0.29, 0.717) is 12.4 Å². The minimum atomic E-state index is -0.726. The van der Waals surface area contributed by atoms with E-state index >= 15 is 0 Å². The smallest absolute Gasteiger partial charge is 0.253 e. The number of aliphatic imine (C=N–C) groups is 1. The normalized spacial score (nSPS) is 21.5. The van der Waals surface area contributed by atoms with Crippen molar-refractivity contribution in [3.63, 3.8) is 0 Å². The Morgan fingerprint density at radius 1 is 1.32 bits per heavy atom. The van der Waals surface area contributed by atoms with Crippen LogP contribution in [0.3, 0.4) is 0 Å². The Balaban J connectivity index is 2.47. The molecule has 1 aliphatic rings. The number of nitrogens with zero attached hydrogens (tertiary/aromatic N) is 2. The number of aromatic nitrogens is 1. The van der Waals surface area contributed by atoms with Crippen molar-refractivity contribution in [3.8, 4) is 0 Å². The molecule has 22 heavy (non-hydrogen) atoms. The molecule has 0 aliphatic carbocycles. The molecule has 0 saturated carbocycles. The van der Waals surface area contributed by atoms with Gasteiger partial charge in [-0.3, -0.25) is 9.78 Å². The van der Waals surface area contributed by atoms with E-state index in [2.05, 4.69) is 35.2 Å². The van der Waals surface area contributed by atoms with E-state index in [9.17, 15) is 4.79 Å². The first-order valence-electron chi connectivity index (χ1n) is 7.69. The van der Waals surface area contributed by atoms with Gasteiger partial charge >= 0.3 is 0 Å². The van der Waals surface area contributed by atoms with Crippen molar-refractivity contribution < 1.29 is 9.53 Å². The van der Waals surface area contributed by atoms with Crippen LogP contribution in [0.15, 0.2) is 17.3 Å². The number of amidine groups is 1. The number of amides is 1. The molecule has 120 valence electrons. The van der Waals surface area contributed by atoms with Crippen LogP contribution in [-0.4, -0.2) is 29.4 Å². The van der Waals surface area contributed by atoms with Gasteiger partial charge in [-0.2, -0.15) is 0 Å². The Labute approximate surface area is 132 Å². The number of nitrogens with one attached hydrogen (secondary N) is 1. The van der Waals surface area contributed by atoms with Gasteiger partial charge in [-0.15, -0.1) is 0 Å². The SMILES string of the molecule is COCc1cnc(C2=NC(C)(C(C)C)C(=O)N2)c(C(C)C)c1. The number of methoxy groups -OCH3 is 1. The number of pyridine rings is 1. The summed E-state index contributed by atoms with van der Waals surface area (Å²) in [7, 11) is 1.66. The lowest BCUT2D eigenvalue weighted by atomic mass is 9.89. The van der Waals surface area contributed by atoms with Crippen LogP contribution in [0.4, 0.5) is 0 Å². The van der Waals surface area contributed by atoms with Crippen LogP contribution in [0, 0.1) is 5.92 Å². The van der Waals surface area contributed by atoms with Gasteiger partial charge in [0.1, 0.15) is 11.2 Å². The Kier molecular flexibility index (Phi) is 4.66. The van der Waals surface area contributed by atoms with Gasteiger partial charge in [0, 0.05) is 13.3 Å². The molecule has 1 aliphatic heterocycles. The number of hydrogen-bond donors (Lipinski definition) is 1. The molecule has 2 heterocycles. The highest BCUT2D eigenvalue weighted by Gasteiger charge is 2.42. The van der Waals surface area contributed by atoms with E-state index < -0.39 is 5.54 Å². The second-order valence-corrected chi connectivity index (χ2v) is 6.59. The van der Waals surface area contributed by atoms with Crippen LogP contribution in [0.1, 0.15) is 57.4 Å². The molecule has 1 N–H and O–H groups in total. The Morgan fingerprint density at radius 2 is 2.00 bits per heavy atom. The summed E-state index contributed by atoms with van der Waals surface area (Å²) < 4.78 is 5.17. The fraction of sp³-hybridized carbons (Fsp3) is 0.588. The van der Waals surface area contributed by atoms with Gasteiger partial charge < -0.3 is 10.1 Å². The van der Waals surface area contributed by atoms with E-state index in [1.165, 1.54) is 0 Å². The molecule has 0 radical (unpaired) electrons. The zero-order chi connectivity index (χ0) is 16.5. The predicted octanol–water partition coefficient (Wildman–Crippen LogP) is 2.64. The summed E-state index contributed by atoms with van der Waals surface area (Å²) in [5.41, 5.74) is 2.12. The third-order valence-electron chi connectivity index (χ3n) is 4.29. The zero-order valence-electron chi connectivity index (χ0n) is 14.2. The van der Waals surface area contributed by atoms with Crippen LogP contribution in [0.5, 0.6) is 0 Å². The lowest BCUT2D eigenvalue weighted by Crippen LogP contribution is -2.41. The summed E-state index contributed by atoms with van der Waals surface area (Å²) in [6.07, 6.45) is 1.78. The summed E-state index contributed by atoms with van der Waals surface area (Å²) in [4.78, 5) is 21.5. The lowest BCUT2D eigenvalue weighted by molar-refractivity contribution is -0.124. The molecule has 0 bridgehead atoms. The average Bonchev–Trinajstić information content (AvgIpc) is 2.76. The van der Waals surface area contributed by atoms with E-state index in [4.69, 9.17) is 4.74 Å². The molecular formula is C17H25N3O2. The van der Waals surface area contributed by atoms with Crippen molar-refractivity contribution in [3.05, 3.63) is 29.1 Å². The molecule has 0 aromatic carbocycles. The first-order valence-corrected chi connectivity index (χ1v) is 7.69. The lowest BCUT2D eigenvalue weighted by Gasteiger charge is -2.21. The topological polar surface area (TPSA) is 63.6 Å². The van der Waals surface area contributed by atoms with Gasteiger partial charge in [-0.05, 0) is 36.0 Å². The number of carbonyl (C=O) groups is 1. The summed E-state index contributed by atoms with van der Waals surface area (Å²) in [5.74, 6) is 0.925. The Hall–Kier alpha value is -1.75. The van der Waals surface area contributed by atoms with Gasteiger partial charge in [-0.25, -0.2) is 4.99 Å². The van der Waals surface area contributed by atoms with Crippen LogP contribution < -0.4 is 5.32 Å². The number of ether oxygens (including phenoxy) is 1. The number of carbonyl (C=O) groups excluding carboxylic acids is 1. The van der Waals surface area contributed by atoms with Crippen molar-refractivity contribution >= 4 is 11.7 Å². The van der Waals surface area contributed by atoms with Gasteiger partial charge in [0.2, 0.25) is 0 Å². The number of hydrogen-bond acceptors (Lipinski definition) is 4. The van der Waals surface area contributed by atoms with Crippen LogP contribution in [0.2, 0.25) is 0 Å². The van der Waals surface area contributed by atoms with E-state index in [-0.39, 0.29) is 17.7 Å². The molecule has 0 saturated heterocycles. The zero-order valence-corrected chi connectivity index (χ0v) is 14.2. The van der Waals surface area contributed by atoms with Crippen molar-refractivity contribution in [1.29, 1.82) is 0 Å². The third-order valence-corrected chi connectivity index (χ3v) is 4.29. The third kappa shape index (κ3) is 2.90. The maximum absolute atomic E-state index is 12.3. The van der Waals surface area contributed by atoms with Crippen molar-refractivity contribution in [2.75, 3.05) is 7.11 Å². The van der Waals surface area contributed by atoms with Crippen molar-refractivity contribution in [2.45, 2.75) is 52.7 Å². The molecule has 5 heteroatoms. The molecule has 1 aromatic rings. The van der Waals surface area contributed by atoms with Gasteiger partial charge in [-0.1, -0.05) is 27.7 Å². The first-order chi connectivity index (χ1) is 10.3. The predicted molar refractivity (Wildman–Crippen MR) is 87.0 cm³/mol. The highest BCUT2D eigenvalue weighted by Crippen LogP contribution is 2.28. The van der Waals surface area contributed by atoms with Crippen molar-refractivity contribution in [1.82, 2.24) is 10.3 Å². The molecule has 0 fully saturated rings. The largest absolute Gasteiger partial charge is 0.380 e. The molecular weight excluding hydrogens is 278 g/mol. The standard InChI is InChI=1S/C17H25N3O2/c1-10(2)13-7-12(9-22-6)8-18-14(13)15-19-16(21)17(5,20-15)11(3)4/h7-8,10-11H,9H2,1-6H3,(H,19,20,21). The second kappa shape index (κ2) is 6.16. The average molecular weight is 303 g/mol. The highest BCUT2D eigenvalue weighted by molar-refractivity contribution is 6.15. The molecule has 2 rings (SSSR count). The molecule has 5 nitrogen and oxygen atoms in total. The maximum atomic E-state index is 12.3. The minimum absolute atomic E-state index is 0.0602. The van der Waals surface area contributed by atoms with Crippen LogP contribution >= 0.6 is 0 Å². The summed E-state index contributed by atoms with van der Waals surface area (Å²) >= 11 is 0. The van der Waals surface area contributed by atoms with Crippen LogP contribution in [0.25, 0.3) is 0 Å². The molecule has 1 atom stereocenters. The highest BCUT2D eigenvalue weighted by atomic mass is 16.5.